The first-order chi connectivity index (χ1) is 12.7. The standard InChI is InChI=1S/C22H20O4/c1-24-18-10-5-7-16(15-18)8-6-14-26-20-13-12-17-9-3-4-11-19(17)21(20)22(23)25-2/h3-13,15H,14H2,1-2H3/b8-6+. The van der Waals surface area contributed by atoms with Gasteiger partial charge in [-0.1, -0.05) is 48.5 Å². The topological polar surface area (TPSA) is 44.8 Å². The Morgan fingerprint density at radius 2 is 1.85 bits per heavy atom. The molecule has 3 rings (SSSR count). The highest BCUT2D eigenvalue weighted by Gasteiger charge is 2.16. The predicted octanol–water partition coefficient (Wildman–Crippen LogP) is 4.73. The van der Waals surface area contributed by atoms with Crippen LogP contribution < -0.4 is 9.47 Å². The average Bonchev–Trinajstić information content (AvgIpc) is 2.70. The summed E-state index contributed by atoms with van der Waals surface area (Å²) < 4.78 is 16.0. The monoisotopic (exact) mass is 348 g/mol. The van der Waals surface area contributed by atoms with E-state index in [2.05, 4.69) is 0 Å². The molecule has 0 aliphatic heterocycles. The van der Waals surface area contributed by atoms with Crippen LogP contribution in [-0.4, -0.2) is 26.8 Å². The van der Waals surface area contributed by atoms with E-state index < -0.39 is 5.97 Å². The van der Waals surface area contributed by atoms with E-state index in [1.807, 2.05) is 66.7 Å². The first-order valence-electron chi connectivity index (χ1n) is 8.26. The maximum Gasteiger partial charge on any atom is 0.342 e. The highest BCUT2D eigenvalue weighted by atomic mass is 16.5. The Kier molecular flexibility index (Phi) is 5.54. The number of rotatable bonds is 6. The van der Waals surface area contributed by atoms with Crippen LogP contribution >= 0.6 is 0 Å². The lowest BCUT2D eigenvalue weighted by atomic mass is 10.0. The van der Waals surface area contributed by atoms with Gasteiger partial charge in [0.05, 0.1) is 14.2 Å². The molecule has 26 heavy (non-hydrogen) atoms. The van der Waals surface area contributed by atoms with Crippen molar-refractivity contribution in [3.8, 4) is 11.5 Å². The molecule has 4 nitrogen and oxygen atoms in total. The van der Waals surface area contributed by atoms with E-state index in [9.17, 15) is 4.79 Å². The highest BCUT2D eigenvalue weighted by molar-refractivity contribution is 6.07. The SMILES string of the molecule is COC(=O)c1c(OC/C=C/c2cccc(OC)c2)ccc2ccccc12. The Bertz CT molecular complexity index is 944. The number of methoxy groups -OCH3 is 2. The highest BCUT2D eigenvalue weighted by Crippen LogP contribution is 2.29. The van der Waals surface area contributed by atoms with Gasteiger partial charge in [-0.3, -0.25) is 0 Å². The molecule has 132 valence electrons. The van der Waals surface area contributed by atoms with Crippen molar-refractivity contribution in [3.63, 3.8) is 0 Å². The third-order valence-corrected chi connectivity index (χ3v) is 4.02. The minimum Gasteiger partial charge on any atom is -0.497 e. The number of carbonyl (C=O) groups excluding carboxylic acids is 1. The minimum atomic E-state index is -0.409. The third-order valence-electron chi connectivity index (χ3n) is 4.02. The summed E-state index contributed by atoms with van der Waals surface area (Å²) in [5.74, 6) is 0.898. The first-order valence-corrected chi connectivity index (χ1v) is 8.26. The van der Waals surface area contributed by atoms with Crippen LogP contribution in [0.4, 0.5) is 0 Å². The number of fused-ring (bicyclic) bond motifs is 1. The molecule has 4 heteroatoms. The Morgan fingerprint density at radius 3 is 2.65 bits per heavy atom. The Morgan fingerprint density at radius 1 is 1.00 bits per heavy atom. The summed E-state index contributed by atoms with van der Waals surface area (Å²) in [7, 11) is 3.01. The van der Waals surface area contributed by atoms with E-state index in [1.165, 1.54) is 7.11 Å². The largest absolute Gasteiger partial charge is 0.497 e. The van der Waals surface area contributed by atoms with Crippen molar-refractivity contribution in [1.82, 2.24) is 0 Å². The van der Waals surface area contributed by atoms with E-state index in [-0.39, 0.29) is 0 Å². The van der Waals surface area contributed by atoms with Gasteiger partial charge in [0, 0.05) is 0 Å². The molecule has 0 heterocycles. The molecule has 0 radical (unpaired) electrons. The van der Waals surface area contributed by atoms with Crippen molar-refractivity contribution < 1.29 is 19.0 Å². The molecule has 0 aliphatic rings. The van der Waals surface area contributed by atoms with Crippen LogP contribution in [0.5, 0.6) is 11.5 Å². The van der Waals surface area contributed by atoms with Crippen LogP contribution in [-0.2, 0) is 4.74 Å². The summed E-state index contributed by atoms with van der Waals surface area (Å²) in [6.07, 6.45) is 3.84. The van der Waals surface area contributed by atoms with Crippen molar-refractivity contribution in [3.05, 3.63) is 77.9 Å². The molecule has 0 unspecified atom stereocenters. The van der Waals surface area contributed by atoms with Gasteiger partial charge in [-0.2, -0.15) is 0 Å². The van der Waals surface area contributed by atoms with Crippen molar-refractivity contribution in [1.29, 1.82) is 0 Å². The fraction of sp³-hybridized carbons (Fsp3) is 0.136. The summed E-state index contributed by atoms with van der Waals surface area (Å²) in [6, 6.07) is 19.1. The van der Waals surface area contributed by atoms with Crippen molar-refractivity contribution >= 4 is 22.8 Å². The van der Waals surface area contributed by atoms with Crippen molar-refractivity contribution in [2.24, 2.45) is 0 Å². The summed E-state index contributed by atoms with van der Waals surface area (Å²) in [5.41, 5.74) is 1.46. The maximum absolute atomic E-state index is 12.2. The molecule has 0 aromatic heterocycles. The number of hydrogen-bond acceptors (Lipinski definition) is 4. The van der Waals surface area contributed by atoms with Crippen LogP contribution in [0.25, 0.3) is 16.8 Å². The minimum absolute atomic E-state index is 0.333. The van der Waals surface area contributed by atoms with Gasteiger partial charge in [-0.05, 0) is 40.6 Å². The normalized spacial score (nSPS) is 10.8. The van der Waals surface area contributed by atoms with Gasteiger partial charge in [-0.15, -0.1) is 0 Å². The van der Waals surface area contributed by atoms with E-state index in [4.69, 9.17) is 14.2 Å². The van der Waals surface area contributed by atoms with Gasteiger partial charge < -0.3 is 14.2 Å². The molecule has 0 spiro atoms. The molecule has 0 aliphatic carbocycles. The second kappa shape index (κ2) is 8.21. The summed E-state index contributed by atoms with van der Waals surface area (Å²) in [6.45, 7) is 0.333. The van der Waals surface area contributed by atoms with Crippen LogP contribution in [0.3, 0.4) is 0 Å². The lowest BCUT2D eigenvalue weighted by Gasteiger charge is -2.11. The number of carbonyl (C=O) groups is 1. The second-order valence-electron chi connectivity index (χ2n) is 5.64. The summed E-state index contributed by atoms with van der Waals surface area (Å²) in [4.78, 5) is 12.2. The number of esters is 1. The van der Waals surface area contributed by atoms with E-state index in [1.54, 1.807) is 13.2 Å². The van der Waals surface area contributed by atoms with Crippen LogP contribution in [0.2, 0.25) is 0 Å². The Hall–Kier alpha value is -3.27. The number of benzene rings is 3. The zero-order valence-electron chi connectivity index (χ0n) is 14.8. The van der Waals surface area contributed by atoms with E-state index in [0.29, 0.717) is 17.9 Å². The number of ether oxygens (including phenoxy) is 3. The van der Waals surface area contributed by atoms with Gasteiger partial charge in [-0.25, -0.2) is 4.79 Å². The van der Waals surface area contributed by atoms with E-state index in [0.717, 1.165) is 22.1 Å². The molecule has 3 aromatic rings. The number of hydrogen-bond donors (Lipinski definition) is 0. The molecule has 0 amide bonds. The Labute approximate surface area is 152 Å². The average molecular weight is 348 g/mol. The zero-order chi connectivity index (χ0) is 18.4. The van der Waals surface area contributed by atoms with Gasteiger partial charge >= 0.3 is 5.97 Å². The molecular weight excluding hydrogens is 328 g/mol. The zero-order valence-corrected chi connectivity index (χ0v) is 14.8. The first kappa shape index (κ1) is 17.5. The van der Waals surface area contributed by atoms with Crippen molar-refractivity contribution in [2.75, 3.05) is 20.8 Å². The molecule has 0 bridgehead atoms. The smallest absolute Gasteiger partial charge is 0.342 e. The second-order valence-corrected chi connectivity index (χ2v) is 5.64. The fourth-order valence-corrected chi connectivity index (χ4v) is 2.75. The molecule has 0 saturated carbocycles. The molecule has 3 aromatic carbocycles. The van der Waals surface area contributed by atoms with Crippen LogP contribution in [0.15, 0.2) is 66.7 Å². The van der Waals surface area contributed by atoms with Crippen molar-refractivity contribution in [2.45, 2.75) is 0 Å². The Balaban J connectivity index is 1.80. The molecule has 0 atom stereocenters. The lowest BCUT2D eigenvalue weighted by molar-refractivity contribution is 0.0599. The quantitative estimate of drug-likeness (QED) is 0.604. The van der Waals surface area contributed by atoms with Gasteiger partial charge in [0.2, 0.25) is 0 Å². The summed E-state index contributed by atoms with van der Waals surface area (Å²) >= 11 is 0. The predicted molar refractivity (Wildman–Crippen MR) is 103 cm³/mol. The molecule has 0 fully saturated rings. The van der Waals surface area contributed by atoms with Crippen LogP contribution in [0.1, 0.15) is 15.9 Å². The van der Waals surface area contributed by atoms with Gasteiger partial charge in [0.15, 0.2) is 0 Å². The van der Waals surface area contributed by atoms with Gasteiger partial charge in [0.25, 0.3) is 0 Å². The summed E-state index contributed by atoms with van der Waals surface area (Å²) in [5, 5.41) is 1.78. The van der Waals surface area contributed by atoms with E-state index >= 15 is 0 Å². The maximum atomic E-state index is 12.2. The van der Waals surface area contributed by atoms with Gasteiger partial charge in [0.1, 0.15) is 23.7 Å². The van der Waals surface area contributed by atoms with Crippen LogP contribution in [0, 0.1) is 0 Å². The third kappa shape index (κ3) is 3.86. The molecule has 0 saturated heterocycles. The fourth-order valence-electron chi connectivity index (χ4n) is 2.75. The molecular formula is C22H20O4. The molecule has 0 N–H and O–H groups in total. The lowest BCUT2D eigenvalue weighted by Crippen LogP contribution is -2.06.